The van der Waals surface area contributed by atoms with Gasteiger partial charge in [-0.3, -0.25) is 9.78 Å². The van der Waals surface area contributed by atoms with Gasteiger partial charge in [-0.2, -0.15) is 0 Å². The Morgan fingerprint density at radius 1 is 1.40 bits per heavy atom. The van der Waals surface area contributed by atoms with E-state index < -0.39 is 0 Å². The summed E-state index contributed by atoms with van der Waals surface area (Å²) in [6.45, 7) is 8.41. The summed E-state index contributed by atoms with van der Waals surface area (Å²) in [5, 5.41) is 0. The highest BCUT2D eigenvalue weighted by Crippen LogP contribution is 2.45. The van der Waals surface area contributed by atoms with Gasteiger partial charge in [0.1, 0.15) is 0 Å². The largest absolute Gasteiger partial charge is 0.376 e. The zero-order chi connectivity index (χ0) is 17.3. The first kappa shape index (κ1) is 17.0. The van der Waals surface area contributed by atoms with Gasteiger partial charge in [-0.25, -0.2) is 0 Å². The maximum atomic E-state index is 11.8. The third-order valence-electron chi connectivity index (χ3n) is 6.24. The summed E-state index contributed by atoms with van der Waals surface area (Å²) in [5.41, 5.74) is 1.36. The Kier molecular flexibility index (Phi) is 4.78. The minimum absolute atomic E-state index is 0.215. The first-order valence-corrected chi connectivity index (χ1v) is 9.59. The predicted molar refractivity (Wildman–Crippen MR) is 95.9 cm³/mol. The molecule has 0 unspecified atom stereocenters. The van der Waals surface area contributed by atoms with Crippen LogP contribution in [0.3, 0.4) is 0 Å². The van der Waals surface area contributed by atoms with E-state index in [0.29, 0.717) is 12.5 Å². The lowest BCUT2D eigenvalue weighted by molar-refractivity contribution is -0.128. The Hall–Kier alpha value is -1.46. The quantitative estimate of drug-likeness (QED) is 0.794. The smallest absolute Gasteiger partial charge is 0.219 e. The number of aromatic nitrogens is 1. The number of likely N-dealkylation sites (tertiary alicyclic amines) is 2. The standard InChI is InChI=1S/C20H29N3O2/c1-16(24)23-8-6-20(15-23)14-22(10-17-4-5-17)11-19(20)13-25-12-18-3-2-7-21-9-18/h2-3,7,9,17,19H,4-6,8,10-15H2,1H3/t19-,20-/m1/s1. The molecule has 3 heterocycles. The van der Waals surface area contributed by atoms with Crippen molar-refractivity contribution in [2.45, 2.75) is 32.8 Å². The lowest BCUT2D eigenvalue weighted by atomic mass is 9.77. The highest BCUT2D eigenvalue weighted by molar-refractivity contribution is 5.73. The number of rotatable bonds is 6. The number of hydrogen-bond donors (Lipinski definition) is 0. The fourth-order valence-corrected chi connectivity index (χ4v) is 4.61. The SMILES string of the molecule is CC(=O)N1CC[C@@]2(CN(CC3CC3)C[C@@H]2COCc2cccnc2)C1. The molecular weight excluding hydrogens is 314 g/mol. The average molecular weight is 343 g/mol. The highest BCUT2D eigenvalue weighted by Gasteiger charge is 2.51. The van der Waals surface area contributed by atoms with E-state index in [2.05, 4.69) is 16.0 Å². The molecule has 3 fully saturated rings. The zero-order valence-corrected chi connectivity index (χ0v) is 15.2. The van der Waals surface area contributed by atoms with Gasteiger partial charge in [0.15, 0.2) is 0 Å². The molecular formula is C20H29N3O2. The molecule has 0 aromatic carbocycles. The fourth-order valence-electron chi connectivity index (χ4n) is 4.61. The van der Waals surface area contributed by atoms with E-state index in [0.717, 1.165) is 50.7 Å². The number of nitrogens with zero attached hydrogens (tertiary/aromatic N) is 3. The Morgan fingerprint density at radius 2 is 2.28 bits per heavy atom. The Morgan fingerprint density at radius 3 is 2.96 bits per heavy atom. The maximum Gasteiger partial charge on any atom is 0.219 e. The van der Waals surface area contributed by atoms with Crippen molar-refractivity contribution >= 4 is 5.91 Å². The van der Waals surface area contributed by atoms with Gasteiger partial charge in [-0.1, -0.05) is 6.07 Å². The summed E-state index contributed by atoms with van der Waals surface area (Å²) in [5.74, 6) is 1.65. The van der Waals surface area contributed by atoms with Gasteiger partial charge in [0, 0.05) is 63.4 Å². The molecule has 25 heavy (non-hydrogen) atoms. The van der Waals surface area contributed by atoms with Gasteiger partial charge in [-0.15, -0.1) is 0 Å². The van der Waals surface area contributed by atoms with Crippen LogP contribution in [-0.4, -0.2) is 60.0 Å². The number of ether oxygens (including phenoxy) is 1. The first-order valence-electron chi connectivity index (χ1n) is 9.59. The number of pyridine rings is 1. The molecule has 0 N–H and O–H groups in total. The molecule has 136 valence electrons. The van der Waals surface area contributed by atoms with Crippen LogP contribution in [-0.2, 0) is 16.1 Å². The Labute approximate surface area is 150 Å². The van der Waals surface area contributed by atoms with Crippen LogP contribution in [0.1, 0.15) is 31.7 Å². The van der Waals surface area contributed by atoms with Crippen LogP contribution in [0.25, 0.3) is 0 Å². The van der Waals surface area contributed by atoms with Gasteiger partial charge in [0.2, 0.25) is 5.91 Å². The van der Waals surface area contributed by atoms with Gasteiger partial charge < -0.3 is 14.5 Å². The molecule has 0 radical (unpaired) electrons. The van der Waals surface area contributed by atoms with Crippen molar-refractivity contribution in [1.82, 2.24) is 14.8 Å². The fraction of sp³-hybridized carbons (Fsp3) is 0.700. The number of carbonyl (C=O) groups is 1. The summed E-state index contributed by atoms with van der Waals surface area (Å²) in [4.78, 5) is 20.7. The third-order valence-corrected chi connectivity index (χ3v) is 6.24. The molecule has 2 aliphatic heterocycles. The van der Waals surface area contributed by atoms with Crippen LogP contribution >= 0.6 is 0 Å². The molecule has 5 nitrogen and oxygen atoms in total. The van der Waals surface area contributed by atoms with E-state index in [1.807, 2.05) is 17.2 Å². The highest BCUT2D eigenvalue weighted by atomic mass is 16.5. The van der Waals surface area contributed by atoms with E-state index in [-0.39, 0.29) is 11.3 Å². The Bertz CT molecular complexity index is 604. The van der Waals surface area contributed by atoms with E-state index in [9.17, 15) is 4.79 Å². The molecule has 1 spiro atoms. The first-order chi connectivity index (χ1) is 12.1. The van der Waals surface area contributed by atoms with Crippen molar-refractivity contribution in [1.29, 1.82) is 0 Å². The topological polar surface area (TPSA) is 45.7 Å². The van der Waals surface area contributed by atoms with Crippen LogP contribution < -0.4 is 0 Å². The van der Waals surface area contributed by atoms with Crippen LogP contribution in [0.15, 0.2) is 24.5 Å². The van der Waals surface area contributed by atoms with Crippen LogP contribution in [0.5, 0.6) is 0 Å². The van der Waals surface area contributed by atoms with Crippen molar-refractivity contribution in [2.24, 2.45) is 17.3 Å². The van der Waals surface area contributed by atoms with Gasteiger partial charge >= 0.3 is 0 Å². The molecule has 1 aromatic heterocycles. The van der Waals surface area contributed by atoms with Crippen molar-refractivity contribution in [3.05, 3.63) is 30.1 Å². The Balaban J connectivity index is 1.38. The second kappa shape index (κ2) is 7.04. The molecule has 1 amide bonds. The predicted octanol–water partition coefficient (Wildman–Crippen LogP) is 2.18. The summed E-state index contributed by atoms with van der Waals surface area (Å²) < 4.78 is 6.08. The van der Waals surface area contributed by atoms with Crippen LogP contribution in [0.2, 0.25) is 0 Å². The minimum atomic E-state index is 0.215. The second-order valence-electron chi connectivity index (χ2n) is 8.26. The van der Waals surface area contributed by atoms with Gasteiger partial charge in [-0.05, 0) is 36.8 Å². The van der Waals surface area contributed by atoms with Crippen LogP contribution in [0.4, 0.5) is 0 Å². The van der Waals surface area contributed by atoms with Crippen molar-refractivity contribution in [3.8, 4) is 0 Å². The van der Waals surface area contributed by atoms with E-state index in [1.165, 1.54) is 19.4 Å². The lowest BCUT2D eigenvalue weighted by Gasteiger charge is -2.30. The minimum Gasteiger partial charge on any atom is -0.376 e. The summed E-state index contributed by atoms with van der Waals surface area (Å²) >= 11 is 0. The van der Waals surface area contributed by atoms with E-state index in [1.54, 1.807) is 13.1 Å². The van der Waals surface area contributed by atoms with Crippen molar-refractivity contribution < 1.29 is 9.53 Å². The average Bonchev–Trinajstić information content (AvgIpc) is 3.21. The third kappa shape index (κ3) is 3.87. The molecule has 1 aromatic rings. The van der Waals surface area contributed by atoms with Crippen molar-refractivity contribution in [2.75, 3.05) is 39.3 Å². The molecule has 3 aliphatic rings. The number of carbonyl (C=O) groups excluding carboxylic acids is 1. The zero-order valence-electron chi connectivity index (χ0n) is 15.2. The molecule has 1 saturated carbocycles. The van der Waals surface area contributed by atoms with Crippen LogP contribution in [0, 0.1) is 17.3 Å². The summed E-state index contributed by atoms with van der Waals surface area (Å²) in [6, 6.07) is 4.01. The molecule has 1 aliphatic carbocycles. The molecule has 0 bridgehead atoms. The van der Waals surface area contributed by atoms with Crippen molar-refractivity contribution in [3.63, 3.8) is 0 Å². The molecule has 5 heteroatoms. The van der Waals surface area contributed by atoms with Gasteiger partial charge in [0.05, 0.1) is 13.2 Å². The van der Waals surface area contributed by atoms with E-state index in [4.69, 9.17) is 4.74 Å². The second-order valence-corrected chi connectivity index (χ2v) is 8.26. The monoisotopic (exact) mass is 343 g/mol. The maximum absolute atomic E-state index is 11.8. The normalized spacial score (nSPS) is 29.6. The number of amides is 1. The lowest BCUT2D eigenvalue weighted by Crippen LogP contribution is -2.37. The number of hydrogen-bond acceptors (Lipinski definition) is 4. The van der Waals surface area contributed by atoms with E-state index >= 15 is 0 Å². The van der Waals surface area contributed by atoms with Gasteiger partial charge in [0.25, 0.3) is 0 Å². The molecule has 2 saturated heterocycles. The summed E-state index contributed by atoms with van der Waals surface area (Å²) in [7, 11) is 0. The molecule has 2 atom stereocenters. The molecule has 4 rings (SSSR count). The summed E-state index contributed by atoms with van der Waals surface area (Å²) in [6.07, 6.45) is 7.57.